The van der Waals surface area contributed by atoms with Crippen LogP contribution in [0.1, 0.15) is 16.8 Å². The molecule has 1 saturated heterocycles. The first-order valence-corrected chi connectivity index (χ1v) is 9.19. The molecule has 130 valence electrons. The minimum Gasteiger partial charge on any atom is -0.351 e. The number of amides is 1. The molecule has 1 aliphatic heterocycles. The quantitative estimate of drug-likeness (QED) is 0.595. The Hall–Kier alpha value is -3.07. The zero-order chi connectivity index (χ0) is 17.5. The Labute approximate surface area is 152 Å². The van der Waals surface area contributed by atoms with E-state index in [2.05, 4.69) is 30.4 Å². The summed E-state index contributed by atoms with van der Waals surface area (Å²) in [5.41, 5.74) is 4.11. The Morgan fingerprint density at radius 2 is 2.27 bits per heavy atom. The second kappa shape index (κ2) is 6.03. The minimum atomic E-state index is -0.0548. The van der Waals surface area contributed by atoms with Crippen molar-refractivity contribution in [1.82, 2.24) is 29.9 Å². The van der Waals surface area contributed by atoms with Crippen LogP contribution in [0.25, 0.3) is 15.9 Å². The predicted octanol–water partition coefficient (Wildman–Crippen LogP) is 1.74. The van der Waals surface area contributed by atoms with Gasteiger partial charge in [-0.25, -0.2) is 9.97 Å². The van der Waals surface area contributed by atoms with Gasteiger partial charge in [0, 0.05) is 37.1 Å². The number of nitrogens with one attached hydrogen (secondary N) is 1. The van der Waals surface area contributed by atoms with Crippen LogP contribution in [-0.4, -0.2) is 49.6 Å². The number of hydrogen-bond donors (Lipinski definition) is 1. The van der Waals surface area contributed by atoms with Gasteiger partial charge < -0.3 is 10.2 Å². The van der Waals surface area contributed by atoms with Gasteiger partial charge in [-0.15, -0.1) is 21.5 Å². The number of fused-ring (bicyclic) bond motifs is 2. The summed E-state index contributed by atoms with van der Waals surface area (Å²) in [6, 6.07) is 5.68. The van der Waals surface area contributed by atoms with E-state index >= 15 is 0 Å². The van der Waals surface area contributed by atoms with Crippen LogP contribution >= 0.6 is 11.3 Å². The second-order valence-electron chi connectivity index (χ2n) is 6.25. The highest BCUT2D eigenvalue weighted by molar-refractivity contribution is 7.16. The maximum Gasteiger partial charge on any atom is 0.251 e. The summed E-state index contributed by atoms with van der Waals surface area (Å²) in [5.74, 6) is 0.744. The van der Waals surface area contributed by atoms with Crippen molar-refractivity contribution in [3.05, 3.63) is 48.0 Å². The normalized spacial score (nSPS) is 17.2. The Morgan fingerprint density at radius 1 is 1.31 bits per heavy atom. The van der Waals surface area contributed by atoms with Crippen LogP contribution in [0.2, 0.25) is 0 Å². The SMILES string of the molecule is O=C(N[C@@H]1CCN(c2nccn3cnnc23)C1)c1ccc2ncsc2c1. The number of aromatic nitrogens is 5. The molecule has 1 fully saturated rings. The third-order valence-electron chi connectivity index (χ3n) is 4.61. The van der Waals surface area contributed by atoms with Crippen molar-refractivity contribution in [1.29, 1.82) is 0 Å². The van der Waals surface area contributed by atoms with Crippen molar-refractivity contribution in [3.8, 4) is 0 Å². The molecule has 0 unspecified atom stereocenters. The van der Waals surface area contributed by atoms with E-state index in [4.69, 9.17) is 0 Å². The number of thiazole rings is 1. The van der Waals surface area contributed by atoms with Crippen LogP contribution in [-0.2, 0) is 0 Å². The highest BCUT2D eigenvalue weighted by Crippen LogP contribution is 2.22. The summed E-state index contributed by atoms with van der Waals surface area (Å²) in [6.45, 7) is 1.52. The van der Waals surface area contributed by atoms with Crippen molar-refractivity contribution in [3.63, 3.8) is 0 Å². The number of hydrogen-bond acceptors (Lipinski definition) is 7. The second-order valence-corrected chi connectivity index (χ2v) is 7.14. The van der Waals surface area contributed by atoms with E-state index in [0.717, 1.165) is 34.6 Å². The lowest BCUT2D eigenvalue weighted by atomic mass is 10.2. The molecule has 1 aliphatic rings. The molecule has 9 heteroatoms. The van der Waals surface area contributed by atoms with Crippen LogP contribution in [0.5, 0.6) is 0 Å². The maximum atomic E-state index is 12.6. The zero-order valence-electron chi connectivity index (χ0n) is 13.7. The molecule has 4 heterocycles. The smallest absolute Gasteiger partial charge is 0.251 e. The lowest BCUT2D eigenvalue weighted by Gasteiger charge is -2.18. The Kier molecular flexibility index (Phi) is 3.52. The van der Waals surface area contributed by atoms with Crippen LogP contribution < -0.4 is 10.2 Å². The van der Waals surface area contributed by atoms with Crippen molar-refractivity contribution < 1.29 is 4.79 Å². The van der Waals surface area contributed by atoms with Gasteiger partial charge >= 0.3 is 0 Å². The van der Waals surface area contributed by atoms with Crippen LogP contribution in [0.15, 0.2) is 42.4 Å². The molecule has 3 aromatic heterocycles. The summed E-state index contributed by atoms with van der Waals surface area (Å²) in [6.07, 6.45) is 6.09. The minimum absolute atomic E-state index is 0.0548. The first-order chi connectivity index (χ1) is 12.8. The molecule has 5 rings (SSSR count). The third-order valence-corrected chi connectivity index (χ3v) is 5.41. The Balaban J connectivity index is 1.31. The van der Waals surface area contributed by atoms with E-state index in [1.54, 1.807) is 18.0 Å². The predicted molar refractivity (Wildman–Crippen MR) is 98.5 cm³/mol. The average Bonchev–Trinajstić information content (AvgIpc) is 3.40. The van der Waals surface area contributed by atoms with Gasteiger partial charge in [-0.2, -0.15) is 0 Å². The van der Waals surface area contributed by atoms with Crippen molar-refractivity contribution in [2.45, 2.75) is 12.5 Å². The fraction of sp³-hybridized carbons (Fsp3) is 0.235. The summed E-state index contributed by atoms with van der Waals surface area (Å²) in [5, 5.41) is 11.2. The molecule has 0 saturated carbocycles. The Morgan fingerprint density at radius 3 is 3.23 bits per heavy atom. The fourth-order valence-corrected chi connectivity index (χ4v) is 4.02. The van der Waals surface area contributed by atoms with E-state index in [0.29, 0.717) is 12.1 Å². The Bertz CT molecular complexity index is 1100. The monoisotopic (exact) mass is 365 g/mol. The molecule has 0 aliphatic carbocycles. The lowest BCUT2D eigenvalue weighted by Crippen LogP contribution is -2.37. The van der Waals surface area contributed by atoms with E-state index in [1.807, 2.05) is 28.8 Å². The molecule has 1 amide bonds. The number of anilines is 1. The largest absolute Gasteiger partial charge is 0.351 e. The van der Waals surface area contributed by atoms with E-state index in [1.165, 1.54) is 11.3 Å². The maximum absolute atomic E-state index is 12.6. The van der Waals surface area contributed by atoms with Gasteiger partial charge in [-0.3, -0.25) is 9.20 Å². The lowest BCUT2D eigenvalue weighted by molar-refractivity contribution is 0.0940. The number of nitrogens with zero attached hydrogens (tertiary/aromatic N) is 6. The number of carbonyl (C=O) groups is 1. The number of carbonyl (C=O) groups excluding carboxylic acids is 1. The molecular formula is C17H15N7OS. The molecule has 0 spiro atoms. The zero-order valence-corrected chi connectivity index (χ0v) is 14.6. The molecule has 1 atom stereocenters. The van der Waals surface area contributed by atoms with Gasteiger partial charge in [0.2, 0.25) is 5.65 Å². The highest BCUT2D eigenvalue weighted by atomic mass is 32.1. The number of benzene rings is 1. The summed E-state index contributed by atoms with van der Waals surface area (Å²) in [7, 11) is 0. The van der Waals surface area contributed by atoms with E-state index in [9.17, 15) is 4.79 Å². The molecule has 1 N–H and O–H groups in total. The number of rotatable bonds is 3. The summed E-state index contributed by atoms with van der Waals surface area (Å²) < 4.78 is 2.87. The summed E-state index contributed by atoms with van der Waals surface area (Å²) >= 11 is 1.54. The van der Waals surface area contributed by atoms with Gasteiger partial charge in [-0.1, -0.05) is 0 Å². The van der Waals surface area contributed by atoms with Crippen molar-refractivity contribution in [2.24, 2.45) is 0 Å². The van der Waals surface area contributed by atoms with E-state index in [-0.39, 0.29) is 11.9 Å². The highest BCUT2D eigenvalue weighted by Gasteiger charge is 2.27. The van der Waals surface area contributed by atoms with Gasteiger partial charge in [-0.05, 0) is 24.6 Å². The van der Waals surface area contributed by atoms with Gasteiger partial charge in [0.05, 0.1) is 15.7 Å². The molecule has 0 bridgehead atoms. The van der Waals surface area contributed by atoms with E-state index < -0.39 is 0 Å². The topological polar surface area (TPSA) is 88.3 Å². The molecule has 1 aromatic carbocycles. The molecule has 4 aromatic rings. The average molecular weight is 365 g/mol. The van der Waals surface area contributed by atoms with Crippen molar-refractivity contribution >= 4 is 38.9 Å². The fourth-order valence-electron chi connectivity index (χ4n) is 3.30. The summed E-state index contributed by atoms with van der Waals surface area (Å²) in [4.78, 5) is 23.4. The third kappa shape index (κ3) is 2.57. The standard InChI is InChI=1S/C17H15N7OS/c25-17(11-1-2-13-14(7-11)26-10-19-13)21-12-3-5-23(8-12)15-16-22-20-9-24(16)6-4-18-15/h1-2,4,6-7,9-10,12H,3,5,8H2,(H,21,25)/t12-/m1/s1. The van der Waals surface area contributed by atoms with Crippen molar-refractivity contribution in [2.75, 3.05) is 18.0 Å². The van der Waals surface area contributed by atoms with Crippen LogP contribution in [0, 0.1) is 0 Å². The molecule has 8 nitrogen and oxygen atoms in total. The molecule has 0 radical (unpaired) electrons. The molecular weight excluding hydrogens is 350 g/mol. The van der Waals surface area contributed by atoms with Gasteiger partial charge in [0.1, 0.15) is 6.33 Å². The van der Waals surface area contributed by atoms with Crippen LogP contribution in [0.4, 0.5) is 5.82 Å². The first-order valence-electron chi connectivity index (χ1n) is 8.31. The first kappa shape index (κ1) is 15.2. The van der Waals surface area contributed by atoms with Crippen LogP contribution in [0.3, 0.4) is 0 Å². The molecule has 26 heavy (non-hydrogen) atoms. The van der Waals surface area contributed by atoms with Gasteiger partial charge in [0.15, 0.2) is 5.82 Å². The van der Waals surface area contributed by atoms with Gasteiger partial charge in [0.25, 0.3) is 5.91 Å².